The Bertz CT molecular complexity index is 307. The lowest BCUT2D eigenvalue weighted by molar-refractivity contribution is 0.568. The van der Waals surface area contributed by atoms with Crippen LogP contribution in [0.5, 0.6) is 0 Å². The van der Waals surface area contributed by atoms with E-state index in [1.54, 1.807) is 0 Å². The molecule has 0 aliphatic heterocycles. The van der Waals surface area contributed by atoms with Gasteiger partial charge in [0.15, 0.2) is 0 Å². The molecule has 0 saturated carbocycles. The third-order valence-corrected chi connectivity index (χ3v) is 3.49. The van der Waals surface area contributed by atoms with Crippen molar-refractivity contribution in [3.8, 4) is 0 Å². The molecule has 1 aromatic rings. The predicted octanol–water partition coefficient (Wildman–Crippen LogP) is 4.80. The molecule has 78 valence electrons. The molecule has 2 atom stereocenters. The largest absolute Gasteiger partial charge is 0.123 e. The zero-order valence-corrected chi connectivity index (χ0v) is 10.5. The Labute approximate surface area is 100 Å². The van der Waals surface area contributed by atoms with Crippen LogP contribution >= 0.6 is 34.8 Å². The fourth-order valence-electron chi connectivity index (χ4n) is 1.20. The zero-order valence-electron chi connectivity index (χ0n) is 8.23. The Morgan fingerprint density at radius 1 is 1.14 bits per heavy atom. The molecule has 0 fully saturated rings. The fourth-order valence-corrected chi connectivity index (χ4v) is 1.61. The molecule has 14 heavy (non-hydrogen) atoms. The summed E-state index contributed by atoms with van der Waals surface area (Å²) in [5.41, 5.74) is 1.18. The molecule has 0 aliphatic carbocycles. The molecule has 0 heterocycles. The third-order valence-electron chi connectivity index (χ3n) is 2.33. The van der Waals surface area contributed by atoms with Crippen LogP contribution in [-0.2, 0) is 6.42 Å². The van der Waals surface area contributed by atoms with Gasteiger partial charge in [-0.25, -0.2) is 0 Å². The molecule has 1 rings (SSSR count). The second kappa shape index (κ2) is 5.25. The van der Waals surface area contributed by atoms with Crippen molar-refractivity contribution >= 4 is 34.8 Å². The zero-order chi connectivity index (χ0) is 10.7. The van der Waals surface area contributed by atoms with Crippen molar-refractivity contribution in [2.75, 3.05) is 0 Å². The lowest BCUT2D eigenvalue weighted by Gasteiger charge is -2.13. The maximum atomic E-state index is 5.99. The summed E-state index contributed by atoms with van der Waals surface area (Å²) in [6.45, 7) is 4.13. The van der Waals surface area contributed by atoms with Crippen molar-refractivity contribution in [1.29, 1.82) is 0 Å². The molecule has 0 amide bonds. The van der Waals surface area contributed by atoms with Gasteiger partial charge in [0.1, 0.15) is 0 Å². The van der Waals surface area contributed by atoms with Crippen molar-refractivity contribution < 1.29 is 0 Å². The standard InChI is InChI=1S/C11H13Cl3/c1-7(8(2)12)5-9-3-4-10(13)11(14)6-9/h3-4,6-8H,5H2,1-2H3. The molecule has 0 saturated heterocycles. The van der Waals surface area contributed by atoms with Crippen LogP contribution in [-0.4, -0.2) is 5.38 Å². The number of benzene rings is 1. The van der Waals surface area contributed by atoms with Gasteiger partial charge in [-0.15, -0.1) is 11.6 Å². The summed E-state index contributed by atoms with van der Waals surface area (Å²) in [7, 11) is 0. The highest BCUT2D eigenvalue weighted by Crippen LogP contribution is 2.25. The molecule has 0 radical (unpaired) electrons. The summed E-state index contributed by atoms with van der Waals surface area (Å²) in [5, 5.41) is 1.38. The highest BCUT2D eigenvalue weighted by Gasteiger charge is 2.10. The van der Waals surface area contributed by atoms with Gasteiger partial charge in [-0.1, -0.05) is 36.2 Å². The number of rotatable bonds is 3. The van der Waals surface area contributed by atoms with Gasteiger partial charge in [-0.05, 0) is 37.0 Å². The maximum absolute atomic E-state index is 5.99. The first-order chi connectivity index (χ1) is 6.50. The first-order valence-electron chi connectivity index (χ1n) is 4.58. The molecular formula is C11H13Cl3. The van der Waals surface area contributed by atoms with Crippen LogP contribution in [0.1, 0.15) is 19.4 Å². The van der Waals surface area contributed by atoms with Crippen LogP contribution in [0.25, 0.3) is 0 Å². The Morgan fingerprint density at radius 3 is 2.29 bits per heavy atom. The summed E-state index contributed by atoms with van der Waals surface area (Å²) < 4.78 is 0. The first kappa shape index (κ1) is 12.2. The molecule has 0 spiro atoms. The normalized spacial score (nSPS) is 15.2. The van der Waals surface area contributed by atoms with Gasteiger partial charge in [0.25, 0.3) is 0 Å². The third kappa shape index (κ3) is 3.34. The monoisotopic (exact) mass is 250 g/mol. The van der Waals surface area contributed by atoms with Crippen molar-refractivity contribution in [1.82, 2.24) is 0 Å². The summed E-state index contributed by atoms with van der Waals surface area (Å²) >= 11 is 17.7. The van der Waals surface area contributed by atoms with Crippen molar-refractivity contribution in [3.63, 3.8) is 0 Å². The fraction of sp³-hybridized carbons (Fsp3) is 0.455. The second-order valence-electron chi connectivity index (χ2n) is 3.61. The van der Waals surface area contributed by atoms with E-state index in [1.807, 2.05) is 25.1 Å². The van der Waals surface area contributed by atoms with Crippen LogP contribution in [0.2, 0.25) is 10.0 Å². The summed E-state index contributed by atoms with van der Waals surface area (Å²) in [6, 6.07) is 5.72. The molecule has 0 N–H and O–H groups in total. The van der Waals surface area contributed by atoms with Crippen LogP contribution in [0, 0.1) is 5.92 Å². The molecular weight excluding hydrogens is 238 g/mol. The van der Waals surface area contributed by atoms with E-state index in [4.69, 9.17) is 34.8 Å². The molecule has 1 aromatic carbocycles. The van der Waals surface area contributed by atoms with E-state index in [2.05, 4.69) is 6.92 Å². The molecule has 0 nitrogen and oxygen atoms in total. The summed E-state index contributed by atoms with van der Waals surface area (Å²) in [5.74, 6) is 0.439. The smallest absolute Gasteiger partial charge is 0.0595 e. The summed E-state index contributed by atoms with van der Waals surface area (Å²) in [4.78, 5) is 0. The van der Waals surface area contributed by atoms with E-state index in [-0.39, 0.29) is 5.38 Å². The van der Waals surface area contributed by atoms with E-state index in [0.717, 1.165) is 6.42 Å². The van der Waals surface area contributed by atoms with Crippen LogP contribution in [0.15, 0.2) is 18.2 Å². The van der Waals surface area contributed by atoms with E-state index < -0.39 is 0 Å². The summed E-state index contributed by atoms with van der Waals surface area (Å²) in [6.07, 6.45) is 0.932. The minimum atomic E-state index is 0.171. The first-order valence-corrected chi connectivity index (χ1v) is 5.78. The van der Waals surface area contributed by atoms with Gasteiger partial charge in [0.2, 0.25) is 0 Å². The van der Waals surface area contributed by atoms with Crippen molar-refractivity contribution in [2.45, 2.75) is 25.6 Å². The van der Waals surface area contributed by atoms with Crippen LogP contribution in [0.3, 0.4) is 0 Å². The lowest BCUT2D eigenvalue weighted by Crippen LogP contribution is -2.10. The number of hydrogen-bond acceptors (Lipinski definition) is 0. The average Bonchev–Trinajstić information content (AvgIpc) is 2.11. The number of hydrogen-bond donors (Lipinski definition) is 0. The topological polar surface area (TPSA) is 0 Å². The van der Waals surface area contributed by atoms with E-state index in [9.17, 15) is 0 Å². The predicted molar refractivity (Wildman–Crippen MR) is 64.6 cm³/mol. The van der Waals surface area contributed by atoms with Crippen LogP contribution < -0.4 is 0 Å². The SMILES string of the molecule is CC(Cl)C(C)Cc1ccc(Cl)c(Cl)c1. The van der Waals surface area contributed by atoms with Gasteiger partial charge in [0, 0.05) is 5.38 Å². The quantitative estimate of drug-likeness (QED) is 0.677. The number of halogens is 3. The highest BCUT2D eigenvalue weighted by atomic mass is 35.5. The van der Waals surface area contributed by atoms with Crippen molar-refractivity contribution in [3.05, 3.63) is 33.8 Å². The van der Waals surface area contributed by atoms with Gasteiger partial charge in [-0.2, -0.15) is 0 Å². The Hall–Kier alpha value is 0.0900. The average molecular weight is 252 g/mol. The van der Waals surface area contributed by atoms with E-state index in [1.165, 1.54) is 5.56 Å². The van der Waals surface area contributed by atoms with Gasteiger partial charge in [-0.3, -0.25) is 0 Å². The Kier molecular flexibility index (Phi) is 4.56. The maximum Gasteiger partial charge on any atom is 0.0595 e. The van der Waals surface area contributed by atoms with E-state index in [0.29, 0.717) is 16.0 Å². The van der Waals surface area contributed by atoms with Gasteiger partial charge >= 0.3 is 0 Å². The Balaban J connectivity index is 2.73. The Morgan fingerprint density at radius 2 is 1.79 bits per heavy atom. The highest BCUT2D eigenvalue weighted by molar-refractivity contribution is 6.42. The van der Waals surface area contributed by atoms with Gasteiger partial charge in [0.05, 0.1) is 10.0 Å². The second-order valence-corrected chi connectivity index (χ2v) is 5.11. The molecule has 3 heteroatoms. The molecule has 0 bridgehead atoms. The minimum absolute atomic E-state index is 0.171. The van der Waals surface area contributed by atoms with Gasteiger partial charge < -0.3 is 0 Å². The minimum Gasteiger partial charge on any atom is -0.123 e. The molecule has 0 aromatic heterocycles. The number of alkyl halides is 1. The van der Waals surface area contributed by atoms with E-state index >= 15 is 0 Å². The molecule has 2 unspecified atom stereocenters. The van der Waals surface area contributed by atoms with Crippen LogP contribution in [0.4, 0.5) is 0 Å². The lowest BCUT2D eigenvalue weighted by atomic mass is 9.99. The van der Waals surface area contributed by atoms with Crippen molar-refractivity contribution in [2.24, 2.45) is 5.92 Å². The molecule has 0 aliphatic rings.